The summed E-state index contributed by atoms with van der Waals surface area (Å²) in [6.07, 6.45) is -0.972. The van der Waals surface area contributed by atoms with E-state index in [0.717, 1.165) is 0 Å². The highest BCUT2D eigenvalue weighted by molar-refractivity contribution is 5.72. The average molecular weight is 146 g/mol. The highest BCUT2D eigenvalue weighted by Gasteiger charge is 2.18. The van der Waals surface area contributed by atoms with Gasteiger partial charge in [0.1, 0.15) is 0 Å². The van der Waals surface area contributed by atoms with Crippen LogP contribution in [0.15, 0.2) is 0 Å². The fourth-order valence-corrected chi connectivity index (χ4v) is 0.528. The molecular weight excluding hydrogens is 132 g/mol. The molecule has 60 valence electrons. The van der Waals surface area contributed by atoms with Crippen molar-refractivity contribution in [2.24, 2.45) is 5.73 Å². The third kappa shape index (κ3) is 4.29. The largest absolute Gasteiger partial charge is 0.479 e. The lowest BCUT2D eigenvalue weighted by molar-refractivity contribution is -0.139. The normalized spacial score (nSPS) is 14.8. The number of hydrogen-bond acceptors (Lipinski definition) is 3. The molecule has 1 unspecified atom stereocenters. The summed E-state index contributed by atoms with van der Waals surface area (Å²) in [6.45, 7) is 5.57. The Morgan fingerprint density at radius 2 is 2.00 bits per heavy atom. The highest BCUT2D eigenvalue weighted by atomic mass is 16.4. The van der Waals surface area contributed by atoms with Crippen LogP contribution in [0, 0.1) is 0 Å². The van der Waals surface area contributed by atoms with Gasteiger partial charge in [0.25, 0.3) is 0 Å². The van der Waals surface area contributed by atoms with E-state index in [1.807, 2.05) is 20.8 Å². The van der Waals surface area contributed by atoms with E-state index in [2.05, 4.69) is 5.32 Å². The maximum absolute atomic E-state index is 10.2. The van der Waals surface area contributed by atoms with Crippen molar-refractivity contribution in [3.05, 3.63) is 0 Å². The van der Waals surface area contributed by atoms with Crippen LogP contribution in [0.25, 0.3) is 0 Å². The zero-order chi connectivity index (χ0) is 8.36. The van der Waals surface area contributed by atoms with Crippen molar-refractivity contribution in [2.45, 2.75) is 32.5 Å². The summed E-state index contributed by atoms with van der Waals surface area (Å²) in [4.78, 5) is 10.2. The van der Waals surface area contributed by atoms with Crippen molar-refractivity contribution in [2.75, 3.05) is 0 Å². The highest BCUT2D eigenvalue weighted by Crippen LogP contribution is 1.98. The number of nitrogens with two attached hydrogens (primary N) is 1. The van der Waals surface area contributed by atoms with Crippen LogP contribution >= 0.6 is 0 Å². The molecule has 0 saturated carbocycles. The Morgan fingerprint density at radius 3 is 2.10 bits per heavy atom. The summed E-state index contributed by atoms with van der Waals surface area (Å²) >= 11 is 0. The van der Waals surface area contributed by atoms with Crippen LogP contribution in [0.4, 0.5) is 0 Å². The number of hydrogen-bond donors (Lipinski definition) is 3. The number of carbonyl (C=O) groups is 1. The Hall–Kier alpha value is -0.610. The minimum atomic E-state index is -1.03. The van der Waals surface area contributed by atoms with Gasteiger partial charge in [0.05, 0.1) is 0 Å². The molecule has 1 atom stereocenters. The van der Waals surface area contributed by atoms with Crippen LogP contribution in [0.5, 0.6) is 0 Å². The lowest BCUT2D eigenvalue weighted by Gasteiger charge is -2.23. The molecule has 0 aliphatic rings. The third-order valence-electron chi connectivity index (χ3n) is 0.855. The zero-order valence-electron chi connectivity index (χ0n) is 6.51. The van der Waals surface area contributed by atoms with Gasteiger partial charge in [-0.1, -0.05) is 0 Å². The first-order valence-electron chi connectivity index (χ1n) is 3.09. The standard InChI is InChI=1S/C6H14N2O2/c1-6(2,3)8-4(7)5(9)10/h4,8H,7H2,1-3H3,(H,9,10). The predicted octanol–water partition coefficient (Wildman–Crippen LogP) is -0.256. The molecule has 0 bridgehead atoms. The topological polar surface area (TPSA) is 75.3 Å². The van der Waals surface area contributed by atoms with Gasteiger partial charge in [-0.15, -0.1) is 0 Å². The van der Waals surface area contributed by atoms with Gasteiger partial charge in [-0.3, -0.25) is 5.32 Å². The molecule has 0 spiro atoms. The van der Waals surface area contributed by atoms with E-state index in [-0.39, 0.29) is 5.54 Å². The van der Waals surface area contributed by atoms with Crippen LogP contribution in [-0.4, -0.2) is 22.8 Å². The van der Waals surface area contributed by atoms with E-state index in [0.29, 0.717) is 0 Å². The van der Waals surface area contributed by atoms with E-state index in [1.165, 1.54) is 0 Å². The van der Waals surface area contributed by atoms with Gasteiger partial charge in [0.15, 0.2) is 6.17 Å². The van der Waals surface area contributed by atoms with Crippen LogP contribution in [0.1, 0.15) is 20.8 Å². The van der Waals surface area contributed by atoms with Crippen molar-refractivity contribution in [1.82, 2.24) is 5.32 Å². The van der Waals surface area contributed by atoms with Gasteiger partial charge in [0, 0.05) is 5.54 Å². The van der Waals surface area contributed by atoms with Crippen LogP contribution in [-0.2, 0) is 4.79 Å². The second-order valence-electron chi connectivity index (χ2n) is 3.21. The Morgan fingerprint density at radius 1 is 1.60 bits per heavy atom. The lowest BCUT2D eigenvalue weighted by atomic mass is 10.1. The third-order valence-corrected chi connectivity index (χ3v) is 0.855. The fourth-order valence-electron chi connectivity index (χ4n) is 0.528. The number of carboxylic acids is 1. The van der Waals surface area contributed by atoms with Gasteiger partial charge < -0.3 is 10.8 Å². The first-order chi connectivity index (χ1) is 4.33. The summed E-state index contributed by atoms with van der Waals surface area (Å²) in [5, 5.41) is 11.1. The molecule has 0 aromatic heterocycles. The first kappa shape index (κ1) is 9.39. The Labute approximate surface area is 60.4 Å². The molecule has 0 aromatic rings. The van der Waals surface area contributed by atoms with Crippen molar-refractivity contribution in [3.8, 4) is 0 Å². The molecule has 10 heavy (non-hydrogen) atoms. The van der Waals surface area contributed by atoms with Gasteiger partial charge in [0.2, 0.25) is 0 Å². The fraction of sp³-hybridized carbons (Fsp3) is 0.833. The minimum Gasteiger partial charge on any atom is -0.479 e. The summed E-state index contributed by atoms with van der Waals surface area (Å²) in [5.41, 5.74) is 4.94. The molecule has 0 aromatic carbocycles. The predicted molar refractivity (Wildman–Crippen MR) is 38.5 cm³/mol. The van der Waals surface area contributed by atoms with Crippen molar-refractivity contribution in [3.63, 3.8) is 0 Å². The van der Waals surface area contributed by atoms with Gasteiger partial charge >= 0.3 is 5.97 Å². The first-order valence-corrected chi connectivity index (χ1v) is 3.09. The summed E-state index contributed by atoms with van der Waals surface area (Å²) in [5.74, 6) is -1.03. The smallest absolute Gasteiger partial charge is 0.335 e. The Balaban J connectivity index is 3.80. The minimum absolute atomic E-state index is 0.252. The van der Waals surface area contributed by atoms with E-state index in [1.54, 1.807) is 0 Å². The van der Waals surface area contributed by atoms with E-state index >= 15 is 0 Å². The molecule has 0 fully saturated rings. The van der Waals surface area contributed by atoms with Crippen molar-refractivity contribution in [1.29, 1.82) is 0 Å². The van der Waals surface area contributed by atoms with E-state index in [9.17, 15) is 4.79 Å². The number of rotatable bonds is 2. The number of carboxylic acid groups (broad SMARTS) is 1. The molecule has 0 rings (SSSR count). The van der Waals surface area contributed by atoms with E-state index in [4.69, 9.17) is 10.8 Å². The summed E-state index contributed by atoms with van der Waals surface area (Å²) in [7, 11) is 0. The molecule has 0 radical (unpaired) electrons. The Bertz CT molecular complexity index is 128. The van der Waals surface area contributed by atoms with E-state index < -0.39 is 12.1 Å². The lowest BCUT2D eigenvalue weighted by Crippen LogP contribution is -2.52. The van der Waals surface area contributed by atoms with Crippen LogP contribution < -0.4 is 11.1 Å². The molecular formula is C6H14N2O2. The summed E-state index contributed by atoms with van der Waals surface area (Å²) in [6, 6.07) is 0. The average Bonchev–Trinajstić information content (AvgIpc) is 1.60. The molecule has 0 amide bonds. The SMILES string of the molecule is CC(C)(C)NC(N)C(=O)O. The molecule has 0 heterocycles. The van der Waals surface area contributed by atoms with Crippen LogP contribution in [0.3, 0.4) is 0 Å². The molecule has 4 N–H and O–H groups in total. The molecule has 0 saturated heterocycles. The van der Waals surface area contributed by atoms with Crippen LogP contribution in [0.2, 0.25) is 0 Å². The second-order valence-corrected chi connectivity index (χ2v) is 3.21. The van der Waals surface area contributed by atoms with Gasteiger partial charge in [-0.05, 0) is 20.8 Å². The molecule has 0 aliphatic carbocycles. The maximum atomic E-state index is 10.2. The zero-order valence-corrected chi connectivity index (χ0v) is 6.51. The Kier molecular flexibility index (Phi) is 2.80. The summed E-state index contributed by atoms with van der Waals surface area (Å²) < 4.78 is 0. The number of nitrogens with one attached hydrogen (secondary N) is 1. The monoisotopic (exact) mass is 146 g/mol. The van der Waals surface area contributed by atoms with Crippen molar-refractivity contribution >= 4 is 5.97 Å². The molecule has 4 nitrogen and oxygen atoms in total. The van der Waals surface area contributed by atoms with Gasteiger partial charge in [-0.25, -0.2) is 4.79 Å². The van der Waals surface area contributed by atoms with Crippen molar-refractivity contribution < 1.29 is 9.90 Å². The molecule has 0 aliphatic heterocycles. The maximum Gasteiger partial charge on any atom is 0.335 e. The quantitative estimate of drug-likeness (QED) is 0.469. The molecule has 4 heteroatoms. The number of aliphatic carboxylic acids is 1. The van der Waals surface area contributed by atoms with Gasteiger partial charge in [-0.2, -0.15) is 0 Å². The second kappa shape index (κ2) is 2.98.